The van der Waals surface area contributed by atoms with E-state index in [1.807, 2.05) is 0 Å². The zero-order valence-electron chi connectivity index (χ0n) is 11.9. The van der Waals surface area contributed by atoms with Gasteiger partial charge in [-0.05, 0) is 28.7 Å². The molecule has 1 heteroatoms. The number of fused-ring (bicyclic) bond motifs is 2. The predicted molar refractivity (Wildman–Crippen MR) is 96.4 cm³/mol. The van der Waals surface area contributed by atoms with Crippen LogP contribution in [0.5, 0.6) is 0 Å². The topological polar surface area (TPSA) is 0 Å². The van der Waals surface area contributed by atoms with Crippen LogP contribution in [0.2, 0.25) is 0 Å². The van der Waals surface area contributed by atoms with Gasteiger partial charge in [0.1, 0.15) is 0 Å². The van der Waals surface area contributed by atoms with Gasteiger partial charge in [-0.3, -0.25) is 0 Å². The predicted octanol–water partition coefficient (Wildman–Crippen LogP) is 5.71. The smallest absolute Gasteiger partial charge is 0.0237 e. The average Bonchev–Trinajstić information content (AvgIpc) is 2.40. The molecule has 0 heterocycles. The summed E-state index contributed by atoms with van der Waals surface area (Å²) in [5, 5.41) is 0. The molecule has 20 heavy (non-hydrogen) atoms. The summed E-state index contributed by atoms with van der Waals surface area (Å²) < 4.78 is 0.228. The first kappa shape index (κ1) is 13.9. The Labute approximate surface area is 135 Å². The van der Waals surface area contributed by atoms with Gasteiger partial charge in [-0.2, -0.15) is 0 Å². The third-order valence-electron chi connectivity index (χ3n) is 4.12. The van der Waals surface area contributed by atoms with E-state index in [1.165, 1.54) is 22.3 Å². The molecule has 0 amide bonds. The van der Waals surface area contributed by atoms with E-state index in [0.29, 0.717) is 5.92 Å². The molecule has 0 nitrogen and oxygen atoms in total. The van der Waals surface area contributed by atoms with Crippen molar-refractivity contribution in [1.82, 2.24) is 0 Å². The van der Waals surface area contributed by atoms with E-state index in [1.54, 1.807) is 0 Å². The van der Waals surface area contributed by atoms with E-state index in [9.17, 15) is 0 Å². The summed E-state index contributed by atoms with van der Waals surface area (Å²) in [7, 11) is 0. The zero-order chi connectivity index (χ0) is 14.2. The van der Waals surface area contributed by atoms with E-state index < -0.39 is 0 Å². The van der Waals surface area contributed by atoms with Crippen molar-refractivity contribution < 1.29 is 0 Å². The van der Waals surface area contributed by atoms with Gasteiger partial charge in [0, 0.05) is 9.34 Å². The van der Waals surface area contributed by atoms with Crippen LogP contribution in [0.1, 0.15) is 42.0 Å². The molecule has 0 bridgehead atoms. The highest BCUT2D eigenvalue weighted by Gasteiger charge is 2.30. The number of benzene rings is 2. The normalized spacial score (nSPS) is 19.4. The van der Waals surface area contributed by atoms with Gasteiger partial charge in [0.25, 0.3) is 0 Å². The van der Waals surface area contributed by atoms with E-state index >= 15 is 0 Å². The van der Waals surface area contributed by atoms with Crippen LogP contribution in [-0.4, -0.2) is 3.42 Å². The fraction of sp³-hybridized carbons (Fsp3) is 0.263. The van der Waals surface area contributed by atoms with Crippen LogP contribution >= 0.6 is 22.6 Å². The summed E-state index contributed by atoms with van der Waals surface area (Å²) in [5.41, 5.74) is 5.63. The largest absolute Gasteiger partial charge is 0.0788 e. The Bertz CT molecular complexity index is 647. The Morgan fingerprint density at radius 1 is 0.900 bits per heavy atom. The Balaban J connectivity index is 2.20. The number of halogens is 1. The number of hydrogen-bond acceptors (Lipinski definition) is 0. The van der Waals surface area contributed by atoms with Crippen LogP contribution < -0.4 is 0 Å². The first-order valence-corrected chi connectivity index (χ1v) is 8.17. The molecule has 1 aliphatic carbocycles. The fourth-order valence-electron chi connectivity index (χ4n) is 2.98. The van der Waals surface area contributed by atoms with Gasteiger partial charge in [-0.15, -0.1) is 0 Å². The van der Waals surface area contributed by atoms with Crippen molar-refractivity contribution in [3.63, 3.8) is 0 Å². The SMILES string of the molecule is CC(C)(I)C1Cc2ccccc2/C=C\c2ccccc21. The highest BCUT2D eigenvalue weighted by molar-refractivity contribution is 14.1. The zero-order valence-corrected chi connectivity index (χ0v) is 14.1. The molecule has 3 rings (SSSR count). The van der Waals surface area contributed by atoms with E-state index in [2.05, 4.69) is 97.1 Å². The van der Waals surface area contributed by atoms with Gasteiger partial charge in [0.05, 0.1) is 0 Å². The molecule has 0 spiro atoms. The molecule has 0 N–H and O–H groups in total. The van der Waals surface area contributed by atoms with Crippen LogP contribution in [0.4, 0.5) is 0 Å². The molecule has 0 aromatic heterocycles. The molecule has 102 valence electrons. The Kier molecular flexibility index (Phi) is 3.72. The van der Waals surface area contributed by atoms with Crippen LogP contribution in [0.15, 0.2) is 48.5 Å². The van der Waals surface area contributed by atoms with Crippen LogP contribution in [-0.2, 0) is 6.42 Å². The van der Waals surface area contributed by atoms with E-state index in [0.717, 1.165) is 6.42 Å². The van der Waals surface area contributed by atoms with E-state index in [4.69, 9.17) is 0 Å². The number of rotatable bonds is 1. The average molecular weight is 374 g/mol. The maximum atomic E-state index is 2.60. The highest BCUT2D eigenvalue weighted by Crippen LogP contribution is 2.41. The molecule has 0 aliphatic heterocycles. The second kappa shape index (κ2) is 5.36. The maximum absolute atomic E-state index is 2.60. The minimum atomic E-state index is 0.228. The summed E-state index contributed by atoms with van der Waals surface area (Å²) in [5.74, 6) is 0.533. The standard InChI is InChI=1S/C19H19I/c1-19(2,20)18-13-16-9-4-3-7-14(16)11-12-15-8-5-6-10-17(15)18/h3-12,18H,13H2,1-2H3/b12-11-. The van der Waals surface area contributed by atoms with Gasteiger partial charge >= 0.3 is 0 Å². The lowest BCUT2D eigenvalue weighted by atomic mass is 9.79. The second-order valence-electron chi connectivity index (χ2n) is 5.98. The minimum absolute atomic E-state index is 0.228. The van der Waals surface area contributed by atoms with E-state index in [-0.39, 0.29) is 3.42 Å². The third kappa shape index (κ3) is 2.69. The number of alkyl halides is 1. The molecule has 1 aliphatic rings. The quantitative estimate of drug-likeness (QED) is 0.443. The molecule has 0 saturated carbocycles. The molecule has 2 aromatic carbocycles. The third-order valence-corrected chi connectivity index (χ3v) is 4.87. The van der Waals surface area contributed by atoms with Crippen molar-refractivity contribution >= 4 is 34.7 Å². The monoisotopic (exact) mass is 374 g/mol. The maximum Gasteiger partial charge on any atom is 0.0237 e. The van der Waals surface area contributed by atoms with Gasteiger partial charge in [0.15, 0.2) is 0 Å². The van der Waals surface area contributed by atoms with Gasteiger partial charge in [0.2, 0.25) is 0 Å². The summed E-state index contributed by atoms with van der Waals surface area (Å²) >= 11 is 2.60. The first-order chi connectivity index (χ1) is 9.55. The minimum Gasteiger partial charge on any atom is -0.0788 e. The second-order valence-corrected chi connectivity index (χ2v) is 8.76. The molecule has 2 aromatic rings. The number of hydrogen-bond donors (Lipinski definition) is 0. The molecular weight excluding hydrogens is 355 g/mol. The Morgan fingerprint density at radius 3 is 2.25 bits per heavy atom. The van der Waals surface area contributed by atoms with Gasteiger partial charge in [-0.1, -0.05) is 97.1 Å². The lowest BCUT2D eigenvalue weighted by Crippen LogP contribution is -2.25. The summed E-state index contributed by atoms with van der Waals surface area (Å²) in [6.07, 6.45) is 5.63. The van der Waals surface area contributed by atoms with Crippen molar-refractivity contribution in [1.29, 1.82) is 0 Å². The Morgan fingerprint density at radius 2 is 1.50 bits per heavy atom. The van der Waals surface area contributed by atoms with Gasteiger partial charge in [-0.25, -0.2) is 0 Å². The molecule has 0 saturated heterocycles. The van der Waals surface area contributed by atoms with Crippen LogP contribution in [0.25, 0.3) is 12.2 Å². The van der Waals surface area contributed by atoms with Crippen molar-refractivity contribution in [2.24, 2.45) is 0 Å². The molecule has 1 unspecified atom stereocenters. The Hall–Kier alpha value is -1.09. The van der Waals surface area contributed by atoms with Crippen molar-refractivity contribution in [2.75, 3.05) is 0 Å². The molecule has 1 atom stereocenters. The molecule has 0 fully saturated rings. The highest BCUT2D eigenvalue weighted by atomic mass is 127. The first-order valence-electron chi connectivity index (χ1n) is 7.09. The summed E-state index contributed by atoms with van der Waals surface area (Å²) in [4.78, 5) is 0. The lowest BCUT2D eigenvalue weighted by Gasteiger charge is -2.32. The van der Waals surface area contributed by atoms with Gasteiger partial charge < -0.3 is 0 Å². The summed E-state index contributed by atoms with van der Waals surface area (Å²) in [6, 6.07) is 17.6. The van der Waals surface area contributed by atoms with Crippen LogP contribution in [0.3, 0.4) is 0 Å². The molecule has 0 radical (unpaired) electrons. The van der Waals surface area contributed by atoms with Crippen LogP contribution in [0, 0.1) is 0 Å². The van der Waals surface area contributed by atoms with Crippen molar-refractivity contribution in [3.05, 3.63) is 70.8 Å². The lowest BCUT2D eigenvalue weighted by molar-refractivity contribution is 0.563. The van der Waals surface area contributed by atoms with Crippen molar-refractivity contribution in [2.45, 2.75) is 29.6 Å². The fourth-order valence-corrected chi connectivity index (χ4v) is 3.54. The molecular formula is C19H19I. The van der Waals surface area contributed by atoms with Crippen molar-refractivity contribution in [3.8, 4) is 0 Å². The summed E-state index contributed by atoms with van der Waals surface area (Å²) in [6.45, 7) is 4.67.